The summed E-state index contributed by atoms with van der Waals surface area (Å²) in [6.07, 6.45) is 5.06. The Morgan fingerprint density at radius 3 is 2.71 bits per heavy atom. The molecule has 1 heterocycles. The molecule has 14 heavy (non-hydrogen) atoms. The van der Waals surface area contributed by atoms with Gasteiger partial charge in [0.1, 0.15) is 6.04 Å². The number of aliphatic carboxylic acids is 1. The number of rotatable bonds is 2. The van der Waals surface area contributed by atoms with Crippen LogP contribution < -0.4 is 5.59 Å². The lowest BCUT2D eigenvalue weighted by atomic mass is 9.85. The predicted octanol–water partition coefficient (Wildman–Crippen LogP) is 0.598. The molecule has 3 unspecified atom stereocenters. The maximum absolute atomic E-state index is 10.9. The van der Waals surface area contributed by atoms with Gasteiger partial charge in [-0.3, -0.25) is 4.79 Å². The van der Waals surface area contributed by atoms with Crippen molar-refractivity contribution in [3.63, 3.8) is 0 Å². The van der Waals surface area contributed by atoms with Crippen LogP contribution in [0.15, 0.2) is 0 Å². The molecule has 3 atom stereocenters. The molecule has 1 saturated carbocycles. The second-order valence-electron chi connectivity index (χ2n) is 4.21. The molecule has 5 nitrogen and oxygen atoms in total. The van der Waals surface area contributed by atoms with Gasteiger partial charge in [-0.2, -0.15) is 0 Å². The van der Waals surface area contributed by atoms with E-state index in [2.05, 4.69) is 0 Å². The van der Waals surface area contributed by atoms with Gasteiger partial charge in [-0.25, -0.2) is 5.01 Å². The molecule has 1 aliphatic heterocycles. The van der Waals surface area contributed by atoms with Gasteiger partial charge in [0, 0.05) is 6.04 Å². The average molecular weight is 200 g/mol. The monoisotopic (exact) mass is 200 g/mol. The second-order valence-corrected chi connectivity index (χ2v) is 4.21. The lowest BCUT2D eigenvalue weighted by molar-refractivity contribution is -0.150. The zero-order valence-corrected chi connectivity index (χ0v) is 8.02. The molecule has 2 aliphatic rings. The Labute approximate surface area is 82.6 Å². The third-order valence-corrected chi connectivity index (χ3v) is 3.49. The van der Waals surface area contributed by atoms with Crippen LogP contribution in [0.3, 0.4) is 0 Å². The van der Waals surface area contributed by atoms with Gasteiger partial charge in [0.2, 0.25) is 0 Å². The van der Waals surface area contributed by atoms with Gasteiger partial charge < -0.3 is 10.3 Å². The van der Waals surface area contributed by atoms with Crippen LogP contribution in [-0.2, 0) is 4.79 Å². The Balaban J connectivity index is 2.12. The van der Waals surface area contributed by atoms with E-state index in [-0.39, 0.29) is 6.04 Å². The standard InChI is InChI=1S/C9H16N2O3/c12-9(13)8-5-6-3-1-2-4-7(6)11(8)10-14/h6-8,10,14H,1-5H2,(H,12,13). The SMILES string of the molecule is O=C(O)C1CC2CCCCC2N1NO. The van der Waals surface area contributed by atoms with E-state index in [4.69, 9.17) is 10.3 Å². The van der Waals surface area contributed by atoms with Crippen LogP contribution in [0, 0.1) is 5.92 Å². The molecule has 3 N–H and O–H groups in total. The van der Waals surface area contributed by atoms with Gasteiger partial charge in [0.05, 0.1) is 0 Å². The number of hydrazine groups is 1. The number of hydrogen-bond acceptors (Lipinski definition) is 4. The molecular formula is C9H16N2O3. The van der Waals surface area contributed by atoms with Crippen molar-refractivity contribution in [1.82, 2.24) is 10.6 Å². The van der Waals surface area contributed by atoms with Crippen LogP contribution in [0.2, 0.25) is 0 Å². The summed E-state index contributed by atoms with van der Waals surface area (Å²) in [6, 6.07) is -0.358. The first kappa shape index (κ1) is 9.89. The predicted molar refractivity (Wildman–Crippen MR) is 48.5 cm³/mol. The fourth-order valence-corrected chi connectivity index (χ4v) is 2.82. The van der Waals surface area contributed by atoms with Crippen LogP contribution in [0.5, 0.6) is 0 Å². The first-order chi connectivity index (χ1) is 6.74. The average Bonchev–Trinajstić information content (AvgIpc) is 2.56. The minimum atomic E-state index is -0.846. The number of carbonyl (C=O) groups is 1. The van der Waals surface area contributed by atoms with Gasteiger partial charge in [0.15, 0.2) is 0 Å². The number of hydrogen-bond donors (Lipinski definition) is 3. The van der Waals surface area contributed by atoms with Gasteiger partial charge in [-0.15, -0.1) is 5.59 Å². The van der Waals surface area contributed by atoms with E-state index >= 15 is 0 Å². The molecular weight excluding hydrogens is 184 g/mol. The molecule has 0 aromatic carbocycles. The highest BCUT2D eigenvalue weighted by Crippen LogP contribution is 2.38. The van der Waals surface area contributed by atoms with E-state index in [1.165, 1.54) is 11.4 Å². The van der Waals surface area contributed by atoms with E-state index in [0.717, 1.165) is 19.3 Å². The largest absolute Gasteiger partial charge is 0.480 e. The van der Waals surface area contributed by atoms with Crippen LogP contribution in [-0.4, -0.2) is 33.4 Å². The Morgan fingerprint density at radius 2 is 2.07 bits per heavy atom. The number of carboxylic acids is 1. The summed E-state index contributed by atoms with van der Waals surface area (Å²) in [5.74, 6) is -0.412. The van der Waals surface area contributed by atoms with Gasteiger partial charge >= 0.3 is 5.97 Å². The molecule has 2 fully saturated rings. The quantitative estimate of drug-likeness (QED) is 0.569. The maximum atomic E-state index is 10.9. The molecule has 0 amide bonds. The Hall–Kier alpha value is -0.650. The van der Waals surface area contributed by atoms with Crippen LogP contribution in [0.1, 0.15) is 32.1 Å². The highest BCUT2D eigenvalue weighted by Gasteiger charge is 2.45. The number of carboxylic acid groups (broad SMARTS) is 1. The molecule has 2 rings (SSSR count). The molecule has 80 valence electrons. The number of nitrogens with one attached hydrogen (secondary N) is 1. The number of fused-ring (bicyclic) bond motifs is 1. The zero-order chi connectivity index (χ0) is 10.1. The van der Waals surface area contributed by atoms with Gasteiger partial charge in [-0.1, -0.05) is 12.8 Å². The molecule has 0 aromatic heterocycles. The highest BCUT2D eigenvalue weighted by atomic mass is 16.5. The minimum Gasteiger partial charge on any atom is -0.480 e. The van der Waals surface area contributed by atoms with Crippen molar-refractivity contribution in [3.05, 3.63) is 0 Å². The molecule has 0 aromatic rings. The van der Waals surface area contributed by atoms with E-state index in [9.17, 15) is 4.79 Å². The highest BCUT2D eigenvalue weighted by molar-refractivity contribution is 5.73. The summed E-state index contributed by atoms with van der Waals surface area (Å²) in [5.41, 5.74) is 2.05. The molecule has 5 heteroatoms. The van der Waals surface area contributed by atoms with Crippen LogP contribution in [0.4, 0.5) is 0 Å². The lowest BCUT2D eigenvalue weighted by Gasteiger charge is -2.30. The van der Waals surface area contributed by atoms with Crippen LogP contribution >= 0.6 is 0 Å². The summed E-state index contributed by atoms with van der Waals surface area (Å²) in [7, 11) is 0. The summed E-state index contributed by atoms with van der Waals surface area (Å²) >= 11 is 0. The Morgan fingerprint density at radius 1 is 1.36 bits per heavy atom. The fraction of sp³-hybridized carbons (Fsp3) is 0.889. The van der Waals surface area contributed by atoms with E-state index in [1.807, 2.05) is 5.59 Å². The van der Waals surface area contributed by atoms with Gasteiger partial charge in [-0.05, 0) is 25.2 Å². The zero-order valence-electron chi connectivity index (χ0n) is 8.02. The van der Waals surface area contributed by atoms with Crippen LogP contribution in [0.25, 0.3) is 0 Å². The van der Waals surface area contributed by atoms with E-state index in [1.54, 1.807) is 0 Å². The van der Waals surface area contributed by atoms with Crippen molar-refractivity contribution < 1.29 is 15.1 Å². The third kappa shape index (κ3) is 1.51. The fourth-order valence-electron chi connectivity index (χ4n) is 2.82. The summed E-state index contributed by atoms with van der Waals surface area (Å²) < 4.78 is 0. The van der Waals surface area contributed by atoms with Crippen molar-refractivity contribution in [3.8, 4) is 0 Å². The molecule has 1 aliphatic carbocycles. The Bertz CT molecular complexity index is 234. The first-order valence-corrected chi connectivity index (χ1v) is 5.15. The molecule has 1 saturated heterocycles. The summed E-state index contributed by atoms with van der Waals surface area (Å²) in [5, 5.41) is 19.4. The second kappa shape index (κ2) is 3.84. The van der Waals surface area contributed by atoms with E-state index in [0.29, 0.717) is 12.3 Å². The lowest BCUT2D eigenvalue weighted by Crippen LogP contribution is -2.49. The van der Waals surface area contributed by atoms with Crippen molar-refractivity contribution in [1.29, 1.82) is 0 Å². The number of nitrogens with zero attached hydrogens (tertiary/aromatic N) is 1. The summed E-state index contributed by atoms with van der Waals surface area (Å²) in [6.45, 7) is 0. The van der Waals surface area contributed by atoms with Crippen molar-refractivity contribution in [2.75, 3.05) is 0 Å². The molecule has 0 spiro atoms. The van der Waals surface area contributed by atoms with Gasteiger partial charge in [0.25, 0.3) is 0 Å². The maximum Gasteiger partial charge on any atom is 0.322 e. The minimum absolute atomic E-state index is 0.204. The smallest absolute Gasteiger partial charge is 0.322 e. The van der Waals surface area contributed by atoms with Crippen molar-refractivity contribution in [2.24, 2.45) is 5.92 Å². The van der Waals surface area contributed by atoms with E-state index < -0.39 is 12.0 Å². The Kier molecular flexibility index (Phi) is 2.71. The third-order valence-electron chi connectivity index (χ3n) is 3.49. The molecule has 0 bridgehead atoms. The van der Waals surface area contributed by atoms with Crippen molar-refractivity contribution >= 4 is 5.97 Å². The normalized spacial score (nSPS) is 38.2. The van der Waals surface area contributed by atoms with Crippen molar-refractivity contribution in [2.45, 2.75) is 44.2 Å². The first-order valence-electron chi connectivity index (χ1n) is 5.15. The molecule has 0 radical (unpaired) electrons. The summed E-state index contributed by atoms with van der Waals surface area (Å²) in [4.78, 5) is 10.9. The topological polar surface area (TPSA) is 72.8 Å².